The maximum Gasteiger partial charge on any atom is 0.125 e. The maximum atomic E-state index is 6.21. The van der Waals surface area contributed by atoms with Crippen molar-refractivity contribution in [2.75, 3.05) is 13.1 Å². The van der Waals surface area contributed by atoms with Gasteiger partial charge >= 0.3 is 0 Å². The van der Waals surface area contributed by atoms with Crippen molar-refractivity contribution in [3.63, 3.8) is 0 Å². The molecule has 1 atom stereocenters. The first-order valence-electron chi connectivity index (χ1n) is 6.19. The molecule has 1 aliphatic heterocycles. The lowest BCUT2D eigenvalue weighted by Gasteiger charge is -2.21. The molecule has 0 bridgehead atoms. The second kappa shape index (κ2) is 4.65. The fourth-order valence-electron chi connectivity index (χ4n) is 2.50. The SMILES string of the molecule is CCN1CC=C(c2cc3c(Cl)ccnc3s2)C1C. The summed E-state index contributed by atoms with van der Waals surface area (Å²) < 4.78 is 0. The molecular formula is C14H15ClN2S. The molecule has 2 nitrogen and oxygen atoms in total. The summed E-state index contributed by atoms with van der Waals surface area (Å²) in [6, 6.07) is 4.52. The Bertz CT molecular complexity index is 617. The summed E-state index contributed by atoms with van der Waals surface area (Å²) in [5.74, 6) is 0. The lowest BCUT2D eigenvalue weighted by atomic mass is 10.1. The third-order valence-corrected chi connectivity index (χ3v) is 5.04. The van der Waals surface area contributed by atoms with Crippen molar-refractivity contribution in [2.45, 2.75) is 19.9 Å². The van der Waals surface area contributed by atoms with Crippen LogP contribution in [0.2, 0.25) is 5.02 Å². The van der Waals surface area contributed by atoms with Crippen LogP contribution in [0, 0.1) is 0 Å². The predicted octanol–water partition coefficient (Wildman–Crippen LogP) is 4.06. The minimum absolute atomic E-state index is 0.488. The summed E-state index contributed by atoms with van der Waals surface area (Å²) in [5, 5.41) is 1.86. The van der Waals surface area contributed by atoms with Gasteiger partial charge in [-0.3, -0.25) is 4.90 Å². The largest absolute Gasteiger partial charge is 0.293 e. The average molecular weight is 279 g/mol. The number of fused-ring (bicyclic) bond motifs is 1. The van der Waals surface area contributed by atoms with E-state index < -0.39 is 0 Å². The highest BCUT2D eigenvalue weighted by Crippen LogP contribution is 2.37. The predicted molar refractivity (Wildman–Crippen MR) is 79.3 cm³/mol. The quantitative estimate of drug-likeness (QED) is 0.824. The van der Waals surface area contributed by atoms with Crippen LogP contribution in [0.4, 0.5) is 0 Å². The zero-order valence-corrected chi connectivity index (χ0v) is 12.1. The van der Waals surface area contributed by atoms with Crippen LogP contribution in [-0.4, -0.2) is 29.0 Å². The van der Waals surface area contributed by atoms with Gasteiger partial charge < -0.3 is 0 Å². The molecule has 0 spiro atoms. The molecule has 0 aliphatic carbocycles. The number of hydrogen-bond acceptors (Lipinski definition) is 3. The van der Waals surface area contributed by atoms with E-state index in [1.54, 1.807) is 17.5 Å². The molecule has 0 saturated heterocycles. The van der Waals surface area contributed by atoms with Gasteiger partial charge in [-0.25, -0.2) is 4.98 Å². The molecule has 0 fully saturated rings. The topological polar surface area (TPSA) is 16.1 Å². The van der Waals surface area contributed by atoms with Crippen LogP contribution in [0.3, 0.4) is 0 Å². The fraction of sp³-hybridized carbons (Fsp3) is 0.357. The molecule has 0 N–H and O–H groups in total. The highest BCUT2D eigenvalue weighted by molar-refractivity contribution is 7.19. The first kappa shape index (κ1) is 12.2. The van der Waals surface area contributed by atoms with Gasteiger partial charge in [0.15, 0.2) is 0 Å². The number of aromatic nitrogens is 1. The Labute approximate surface area is 116 Å². The molecule has 94 valence electrons. The zero-order valence-electron chi connectivity index (χ0n) is 10.5. The molecule has 0 saturated carbocycles. The summed E-state index contributed by atoms with van der Waals surface area (Å²) in [5.41, 5.74) is 1.41. The van der Waals surface area contributed by atoms with Gasteiger partial charge in [-0.15, -0.1) is 11.3 Å². The second-order valence-corrected chi connectivity index (χ2v) is 5.98. The van der Waals surface area contributed by atoms with Gasteiger partial charge in [0.05, 0.1) is 5.02 Å². The number of hydrogen-bond donors (Lipinski definition) is 0. The number of likely N-dealkylation sites (N-methyl/N-ethyl adjacent to an activating group) is 1. The van der Waals surface area contributed by atoms with Crippen LogP contribution in [0.5, 0.6) is 0 Å². The lowest BCUT2D eigenvalue weighted by molar-refractivity contribution is 0.307. The van der Waals surface area contributed by atoms with Crippen molar-refractivity contribution in [1.82, 2.24) is 9.88 Å². The van der Waals surface area contributed by atoms with Gasteiger partial charge in [0.1, 0.15) is 4.83 Å². The molecule has 0 aromatic carbocycles. The molecule has 3 heterocycles. The highest BCUT2D eigenvalue weighted by atomic mass is 35.5. The van der Waals surface area contributed by atoms with Gasteiger partial charge in [-0.2, -0.15) is 0 Å². The van der Waals surface area contributed by atoms with E-state index in [0.29, 0.717) is 6.04 Å². The summed E-state index contributed by atoms with van der Waals surface area (Å²) in [6.07, 6.45) is 4.10. The molecule has 0 radical (unpaired) electrons. The molecule has 2 aromatic rings. The Hall–Kier alpha value is -0.900. The van der Waals surface area contributed by atoms with Crippen LogP contribution in [0.25, 0.3) is 15.8 Å². The molecule has 1 aliphatic rings. The minimum atomic E-state index is 0.488. The first-order chi connectivity index (χ1) is 8.70. The van der Waals surface area contributed by atoms with Crippen LogP contribution in [-0.2, 0) is 0 Å². The standard InChI is InChI=1S/C14H15ClN2S/c1-3-17-7-5-10(9(17)2)13-8-11-12(15)4-6-16-14(11)18-13/h4-6,8-9H,3,7H2,1-2H3. The number of nitrogens with zero attached hydrogens (tertiary/aromatic N) is 2. The molecule has 4 heteroatoms. The van der Waals surface area contributed by atoms with E-state index in [0.717, 1.165) is 28.3 Å². The van der Waals surface area contributed by atoms with E-state index in [9.17, 15) is 0 Å². The van der Waals surface area contributed by atoms with Crippen LogP contribution >= 0.6 is 22.9 Å². The van der Waals surface area contributed by atoms with Gasteiger partial charge in [0.2, 0.25) is 0 Å². The summed E-state index contributed by atoms with van der Waals surface area (Å²) >= 11 is 7.94. The smallest absolute Gasteiger partial charge is 0.125 e. The monoisotopic (exact) mass is 278 g/mol. The van der Waals surface area contributed by atoms with E-state index in [4.69, 9.17) is 11.6 Å². The summed E-state index contributed by atoms with van der Waals surface area (Å²) in [4.78, 5) is 9.17. The number of halogens is 1. The summed E-state index contributed by atoms with van der Waals surface area (Å²) in [7, 11) is 0. The van der Waals surface area contributed by atoms with Crippen molar-refractivity contribution in [3.8, 4) is 0 Å². The van der Waals surface area contributed by atoms with Crippen LogP contribution in [0.15, 0.2) is 24.4 Å². The Balaban J connectivity index is 2.03. The fourth-order valence-corrected chi connectivity index (χ4v) is 3.91. The van der Waals surface area contributed by atoms with E-state index in [-0.39, 0.29) is 0 Å². The van der Waals surface area contributed by atoms with E-state index >= 15 is 0 Å². The average Bonchev–Trinajstić information content (AvgIpc) is 2.93. The molecule has 1 unspecified atom stereocenters. The summed E-state index contributed by atoms with van der Waals surface area (Å²) in [6.45, 7) is 6.60. The highest BCUT2D eigenvalue weighted by Gasteiger charge is 2.24. The van der Waals surface area contributed by atoms with Crippen LogP contribution in [0.1, 0.15) is 18.7 Å². The lowest BCUT2D eigenvalue weighted by Crippen LogP contribution is -2.28. The molecule has 2 aromatic heterocycles. The van der Waals surface area contributed by atoms with E-state index in [1.165, 1.54) is 10.5 Å². The first-order valence-corrected chi connectivity index (χ1v) is 7.38. The van der Waals surface area contributed by atoms with Gasteiger partial charge in [0.25, 0.3) is 0 Å². The van der Waals surface area contributed by atoms with Crippen LogP contribution < -0.4 is 0 Å². The molecule has 3 rings (SSSR count). The minimum Gasteiger partial charge on any atom is -0.293 e. The van der Waals surface area contributed by atoms with E-state index in [1.807, 2.05) is 6.07 Å². The molecular weight excluding hydrogens is 264 g/mol. The third-order valence-electron chi connectivity index (χ3n) is 3.62. The number of rotatable bonds is 2. The molecule has 0 amide bonds. The maximum absolute atomic E-state index is 6.21. The Morgan fingerprint density at radius 1 is 1.56 bits per heavy atom. The zero-order chi connectivity index (χ0) is 12.7. The van der Waals surface area contributed by atoms with Crippen molar-refractivity contribution in [3.05, 3.63) is 34.3 Å². The second-order valence-electron chi connectivity index (χ2n) is 4.55. The normalized spacial score (nSPS) is 20.6. The Kier molecular flexibility index (Phi) is 3.14. The van der Waals surface area contributed by atoms with Crippen molar-refractivity contribution in [1.29, 1.82) is 0 Å². The van der Waals surface area contributed by atoms with Gasteiger partial charge in [0, 0.05) is 29.0 Å². The van der Waals surface area contributed by atoms with Crippen molar-refractivity contribution < 1.29 is 0 Å². The molecule has 18 heavy (non-hydrogen) atoms. The van der Waals surface area contributed by atoms with E-state index in [2.05, 4.69) is 35.9 Å². The van der Waals surface area contributed by atoms with Gasteiger partial charge in [-0.05, 0) is 31.2 Å². The third kappa shape index (κ3) is 1.87. The number of pyridine rings is 1. The van der Waals surface area contributed by atoms with Crippen molar-refractivity contribution >= 4 is 38.7 Å². The Morgan fingerprint density at radius 2 is 2.39 bits per heavy atom. The van der Waals surface area contributed by atoms with Crippen molar-refractivity contribution in [2.24, 2.45) is 0 Å². The Morgan fingerprint density at radius 3 is 3.06 bits per heavy atom. The van der Waals surface area contributed by atoms with Gasteiger partial charge in [-0.1, -0.05) is 24.6 Å². The number of thiophene rings is 1.